The third-order valence-electron chi connectivity index (χ3n) is 2.63. The number of nitrogen functional groups attached to an aromatic ring is 1. The van der Waals surface area contributed by atoms with Crippen LogP contribution in [-0.2, 0) is 5.75 Å². The Labute approximate surface area is 121 Å². The van der Waals surface area contributed by atoms with E-state index >= 15 is 0 Å². The van der Waals surface area contributed by atoms with Crippen LogP contribution in [0.1, 0.15) is 11.1 Å². The van der Waals surface area contributed by atoms with E-state index in [0.717, 1.165) is 17.0 Å². The molecule has 0 aliphatic rings. The fraction of sp³-hybridized carbons (Fsp3) is 0.143. The molecule has 0 bridgehead atoms. The Morgan fingerprint density at radius 1 is 1.17 bits per heavy atom. The minimum absolute atomic E-state index is 0.596. The number of hydrogen-bond donors (Lipinski definition) is 1. The molecule has 2 rings (SSSR count). The van der Waals surface area contributed by atoms with Crippen molar-refractivity contribution in [3.05, 3.63) is 57.6 Å². The molecule has 0 unspecified atom stereocenters. The lowest BCUT2D eigenvalue weighted by molar-refractivity contribution is 1.29. The van der Waals surface area contributed by atoms with Gasteiger partial charge < -0.3 is 5.73 Å². The summed E-state index contributed by atoms with van der Waals surface area (Å²) in [7, 11) is 0. The number of benzene rings is 2. The van der Waals surface area contributed by atoms with Crippen molar-refractivity contribution in [3.63, 3.8) is 0 Å². The maximum Gasteiger partial charge on any atom is 0.0632 e. The van der Waals surface area contributed by atoms with Gasteiger partial charge in [0, 0.05) is 16.3 Å². The summed E-state index contributed by atoms with van der Waals surface area (Å²) in [6.07, 6.45) is 0. The van der Waals surface area contributed by atoms with Crippen LogP contribution in [0, 0.1) is 6.92 Å². The maximum atomic E-state index is 6.16. The van der Waals surface area contributed by atoms with Crippen LogP contribution < -0.4 is 5.73 Å². The lowest BCUT2D eigenvalue weighted by Crippen LogP contribution is -1.89. The number of nitrogens with two attached hydrogens (primary N) is 1. The molecular formula is C14H13Cl2NS. The van der Waals surface area contributed by atoms with Crippen molar-refractivity contribution in [2.24, 2.45) is 0 Å². The average Bonchev–Trinajstić information content (AvgIpc) is 2.35. The Kier molecular flexibility index (Phi) is 4.44. The van der Waals surface area contributed by atoms with Crippen molar-refractivity contribution in [1.29, 1.82) is 0 Å². The van der Waals surface area contributed by atoms with Crippen LogP contribution in [0.15, 0.2) is 41.3 Å². The van der Waals surface area contributed by atoms with E-state index in [0.29, 0.717) is 10.0 Å². The molecular weight excluding hydrogens is 285 g/mol. The van der Waals surface area contributed by atoms with E-state index in [1.165, 1.54) is 10.5 Å². The molecule has 0 aromatic heterocycles. The van der Waals surface area contributed by atoms with Gasteiger partial charge in [0.2, 0.25) is 0 Å². The predicted molar refractivity (Wildman–Crippen MR) is 81.6 cm³/mol. The van der Waals surface area contributed by atoms with Crippen molar-refractivity contribution >= 4 is 40.7 Å². The van der Waals surface area contributed by atoms with Crippen LogP contribution in [0.2, 0.25) is 10.0 Å². The first-order valence-corrected chi connectivity index (χ1v) is 7.24. The van der Waals surface area contributed by atoms with Crippen LogP contribution in [0.3, 0.4) is 0 Å². The van der Waals surface area contributed by atoms with Gasteiger partial charge in [0.05, 0.1) is 10.0 Å². The number of thioether (sulfide) groups is 1. The molecule has 94 valence electrons. The van der Waals surface area contributed by atoms with E-state index < -0.39 is 0 Å². The molecule has 0 saturated heterocycles. The minimum atomic E-state index is 0.596. The number of hydrogen-bond acceptors (Lipinski definition) is 2. The molecule has 0 aliphatic heterocycles. The van der Waals surface area contributed by atoms with E-state index in [-0.39, 0.29) is 0 Å². The maximum absolute atomic E-state index is 6.16. The normalized spacial score (nSPS) is 10.6. The smallest absolute Gasteiger partial charge is 0.0632 e. The highest BCUT2D eigenvalue weighted by Crippen LogP contribution is 2.32. The third kappa shape index (κ3) is 3.14. The fourth-order valence-corrected chi connectivity index (χ4v) is 3.12. The zero-order chi connectivity index (χ0) is 13.1. The van der Waals surface area contributed by atoms with Crippen molar-refractivity contribution < 1.29 is 0 Å². The predicted octanol–water partition coefficient (Wildman–Crippen LogP) is 5.18. The molecule has 2 aromatic carbocycles. The topological polar surface area (TPSA) is 26.0 Å². The molecule has 0 radical (unpaired) electrons. The van der Waals surface area contributed by atoms with Crippen molar-refractivity contribution in [2.75, 3.05) is 5.73 Å². The van der Waals surface area contributed by atoms with Gasteiger partial charge in [-0.25, -0.2) is 0 Å². The number of anilines is 1. The molecule has 0 heterocycles. The molecule has 2 aromatic rings. The number of aryl methyl sites for hydroxylation is 1. The zero-order valence-corrected chi connectivity index (χ0v) is 12.2. The Morgan fingerprint density at radius 2 is 1.94 bits per heavy atom. The van der Waals surface area contributed by atoms with Crippen LogP contribution in [0.5, 0.6) is 0 Å². The second-order valence-corrected chi connectivity index (χ2v) is 5.83. The molecule has 1 nitrogen and oxygen atoms in total. The third-order valence-corrected chi connectivity index (χ3v) is 4.69. The van der Waals surface area contributed by atoms with Crippen LogP contribution in [-0.4, -0.2) is 0 Å². The van der Waals surface area contributed by atoms with Gasteiger partial charge in [-0.3, -0.25) is 0 Å². The second kappa shape index (κ2) is 5.87. The van der Waals surface area contributed by atoms with Gasteiger partial charge in [-0.15, -0.1) is 11.8 Å². The Bertz CT molecular complexity index is 568. The SMILES string of the molecule is Cc1ccc(N)cc1SCc1cccc(Cl)c1Cl. The number of rotatable bonds is 3. The molecule has 0 saturated carbocycles. The standard InChI is InChI=1S/C14H13Cl2NS/c1-9-5-6-11(17)7-13(9)18-8-10-3-2-4-12(15)14(10)16/h2-7H,8,17H2,1H3. The zero-order valence-electron chi connectivity index (χ0n) is 9.91. The first kappa shape index (κ1) is 13.6. The Hall–Kier alpha value is -0.830. The molecule has 18 heavy (non-hydrogen) atoms. The summed E-state index contributed by atoms with van der Waals surface area (Å²) in [6.45, 7) is 2.07. The van der Waals surface area contributed by atoms with Gasteiger partial charge in [0.15, 0.2) is 0 Å². The quantitative estimate of drug-likeness (QED) is 0.624. The highest BCUT2D eigenvalue weighted by atomic mass is 35.5. The van der Waals surface area contributed by atoms with E-state index in [1.807, 2.05) is 30.3 Å². The highest BCUT2D eigenvalue weighted by molar-refractivity contribution is 7.98. The van der Waals surface area contributed by atoms with Crippen molar-refractivity contribution in [2.45, 2.75) is 17.6 Å². The van der Waals surface area contributed by atoms with Gasteiger partial charge in [0.25, 0.3) is 0 Å². The summed E-state index contributed by atoms with van der Waals surface area (Å²) in [5.74, 6) is 0.781. The molecule has 2 N–H and O–H groups in total. The minimum Gasteiger partial charge on any atom is -0.399 e. The molecule has 0 fully saturated rings. The molecule has 0 aliphatic carbocycles. The molecule has 0 amide bonds. The van der Waals surface area contributed by atoms with Crippen LogP contribution >= 0.6 is 35.0 Å². The number of halogens is 2. The van der Waals surface area contributed by atoms with Crippen molar-refractivity contribution in [1.82, 2.24) is 0 Å². The summed E-state index contributed by atoms with van der Waals surface area (Å²) in [6, 6.07) is 11.6. The van der Waals surface area contributed by atoms with E-state index in [9.17, 15) is 0 Å². The molecule has 4 heteroatoms. The molecule has 0 atom stereocenters. The van der Waals surface area contributed by atoms with E-state index in [1.54, 1.807) is 17.8 Å². The van der Waals surface area contributed by atoms with E-state index in [2.05, 4.69) is 6.92 Å². The van der Waals surface area contributed by atoms with Crippen LogP contribution in [0.4, 0.5) is 5.69 Å². The van der Waals surface area contributed by atoms with Gasteiger partial charge in [-0.2, -0.15) is 0 Å². The monoisotopic (exact) mass is 297 g/mol. The van der Waals surface area contributed by atoms with Gasteiger partial charge in [-0.1, -0.05) is 41.4 Å². The Morgan fingerprint density at radius 3 is 2.72 bits per heavy atom. The summed E-state index contributed by atoms with van der Waals surface area (Å²) in [5, 5.41) is 1.23. The van der Waals surface area contributed by atoms with Crippen LogP contribution in [0.25, 0.3) is 0 Å². The van der Waals surface area contributed by atoms with Crippen molar-refractivity contribution in [3.8, 4) is 0 Å². The first-order valence-electron chi connectivity index (χ1n) is 5.50. The summed E-state index contributed by atoms with van der Waals surface area (Å²) >= 11 is 13.9. The second-order valence-electron chi connectivity index (χ2n) is 4.03. The summed E-state index contributed by atoms with van der Waals surface area (Å²) in [4.78, 5) is 1.17. The Balaban J connectivity index is 2.16. The first-order chi connectivity index (χ1) is 8.58. The summed E-state index contributed by atoms with van der Waals surface area (Å²) in [5.41, 5.74) is 8.82. The molecule has 0 spiro atoms. The lowest BCUT2D eigenvalue weighted by atomic mass is 10.2. The van der Waals surface area contributed by atoms with Gasteiger partial charge in [-0.05, 0) is 36.2 Å². The summed E-state index contributed by atoms with van der Waals surface area (Å²) < 4.78 is 0. The van der Waals surface area contributed by atoms with Gasteiger partial charge in [0.1, 0.15) is 0 Å². The van der Waals surface area contributed by atoms with E-state index in [4.69, 9.17) is 28.9 Å². The largest absolute Gasteiger partial charge is 0.399 e. The highest BCUT2D eigenvalue weighted by Gasteiger charge is 2.06. The van der Waals surface area contributed by atoms with Gasteiger partial charge >= 0.3 is 0 Å². The lowest BCUT2D eigenvalue weighted by Gasteiger charge is -2.08. The average molecular weight is 298 g/mol. The fourth-order valence-electron chi connectivity index (χ4n) is 1.59.